The van der Waals surface area contributed by atoms with Crippen molar-refractivity contribution in [3.8, 4) is 0 Å². The van der Waals surface area contributed by atoms with Gasteiger partial charge >= 0.3 is 0 Å². The lowest BCUT2D eigenvalue weighted by Crippen LogP contribution is -2.54. The van der Waals surface area contributed by atoms with Gasteiger partial charge in [0.05, 0.1) is 5.02 Å². The Kier molecular flexibility index (Phi) is 3.72. The zero-order valence-electron chi connectivity index (χ0n) is 9.37. The van der Waals surface area contributed by atoms with Crippen LogP contribution < -0.4 is 10.2 Å². The number of nitrogens with one attached hydrogen (secondary N) is 1. The summed E-state index contributed by atoms with van der Waals surface area (Å²) in [5.74, 6) is 0.880. The Labute approximate surface area is 109 Å². The van der Waals surface area contributed by atoms with E-state index in [2.05, 4.69) is 45.0 Å². The van der Waals surface area contributed by atoms with E-state index in [9.17, 15) is 0 Å². The van der Waals surface area contributed by atoms with Crippen molar-refractivity contribution in [2.75, 3.05) is 18.0 Å². The Morgan fingerprint density at radius 1 is 1.44 bits per heavy atom. The van der Waals surface area contributed by atoms with Gasteiger partial charge in [-0.15, -0.1) is 0 Å². The summed E-state index contributed by atoms with van der Waals surface area (Å²) in [6.07, 6.45) is 1.79. The van der Waals surface area contributed by atoms with Crippen LogP contribution in [0.5, 0.6) is 0 Å². The number of rotatable bonds is 1. The Balaban J connectivity index is 2.23. The molecule has 0 bridgehead atoms. The maximum absolute atomic E-state index is 6.20. The number of halogens is 2. The number of pyridine rings is 1. The molecule has 5 heteroatoms. The van der Waals surface area contributed by atoms with Gasteiger partial charge < -0.3 is 10.2 Å². The average molecular weight is 305 g/mol. The van der Waals surface area contributed by atoms with Gasteiger partial charge in [0, 0.05) is 35.8 Å². The molecule has 1 aromatic rings. The maximum atomic E-state index is 6.20. The molecule has 88 valence electrons. The van der Waals surface area contributed by atoms with Crippen LogP contribution in [-0.2, 0) is 0 Å². The number of nitrogens with zero attached hydrogens (tertiary/aromatic N) is 2. The Morgan fingerprint density at radius 2 is 2.06 bits per heavy atom. The molecule has 0 aromatic carbocycles. The van der Waals surface area contributed by atoms with Gasteiger partial charge in [0.1, 0.15) is 5.82 Å². The smallest absolute Gasteiger partial charge is 0.147 e. The van der Waals surface area contributed by atoms with Gasteiger partial charge in [0.2, 0.25) is 0 Å². The van der Waals surface area contributed by atoms with Crippen LogP contribution in [0.2, 0.25) is 5.02 Å². The van der Waals surface area contributed by atoms with E-state index in [0.717, 1.165) is 23.4 Å². The van der Waals surface area contributed by atoms with Crippen molar-refractivity contribution in [3.63, 3.8) is 0 Å². The zero-order chi connectivity index (χ0) is 11.7. The highest BCUT2D eigenvalue weighted by atomic mass is 79.9. The molecule has 2 heterocycles. The normalized spacial score (nSPS) is 25.9. The van der Waals surface area contributed by atoms with Crippen LogP contribution in [0.15, 0.2) is 16.7 Å². The molecule has 0 radical (unpaired) electrons. The molecule has 2 unspecified atom stereocenters. The second-order valence-electron chi connectivity index (χ2n) is 4.33. The first kappa shape index (κ1) is 12.1. The van der Waals surface area contributed by atoms with Gasteiger partial charge in [0.15, 0.2) is 0 Å². The van der Waals surface area contributed by atoms with Gasteiger partial charge in [-0.3, -0.25) is 0 Å². The number of aromatic nitrogens is 1. The van der Waals surface area contributed by atoms with Crippen LogP contribution in [0.25, 0.3) is 0 Å². The zero-order valence-corrected chi connectivity index (χ0v) is 11.7. The van der Waals surface area contributed by atoms with Gasteiger partial charge in [-0.25, -0.2) is 4.98 Å². The number of piperazine rings is 1. The van der Waals surface area contributed by atoms with Crippen LogP contribution in [0.1, 0.15) is 13.8 Å². The lowest BCUT2D eigenvalue weighted by molar-refractivity contribution is 0.405. The van der Waals surface area contributed by atoms with E-state index in [0.29, 0.717) is 17.1 Å². The lowest BCUT2D eigenvalue weighted by Gasteiger charge is -2.37. The Morgan fingerprint density at radius 3 is 2.62 bits per heavy atom. The van der Waals surface area contributed by atoms with E-state index >= 15 is 0 Å². The van der Waals surface area contributed by atoms with Crippen LogP contribution in [-0.4, -0.2) is 30.2 Å². The number of anilines is 1. The molecular weight excluding hydrogens is 289 g/mol. The molecule has 3 nitrogen and oxygen atoms in total. The Hall–Kier alpha value is -0.320. The molecule has 1 aliphatic rings. The molecule has 0 aliphatic carbocycles. The number of hydrogen-bond acceptors (Lipinski definition) is 3. The Bertz CT molecular complexity index is 375. The minimum Gasteiger partial charge on any atom is -0.352 e. The highest BCUT2D eigenvalue weighted by Crippen LogP contribution is 2.27. The largest absolute Gasteiger partial charge is 0.352 e. The molecule has 1 aromatic heterocycles. The van der Waals surface area contributed by atoms with Gasteiger partial charge in [-0.1, -0.05) is 11.6 Å². The fourth-order valence-electron chi connectivity index (χ4n) is 2.14. The SMILES string of the molecule is CC1CN(c2ncc(Br)cc2Cl)CC(C)N1. The van der Waals surface area contributed by atoms with Crippen molar-refractivity contribution in [3.05, 3.63) is 21.8 Å². The molecule has 1 fully saturated rings. The number of hydrogen-bond donors (Lipinski definition) is 1. The van der Waals surface area contributed by atoms with Crippen molar-refractivity contribution >= 4 is 33.3 Å². The fraction of sp³-hybridized carbons (Fsp3) is 0.545. The molecule has 1 N–H and O–H groups in total. The third kappa shape index (κ3) is 2.67. The highest BCUT2D eigenvalue weighted by Gasteiger charge is 2.23. The first-order chi connectivity index (χ1) is 7.56. The molecule has 0 spiro atoms. The van der Waals surface area contributed by atoms with Crippen LogP contribution in [0, 0.1) is 0 Å². The topological polar surface area (TPSA) is 28.2 Å². The first-order valence-corrected chi connectivity index (χ1v) is 6.55. The monoisotopic (exact) mass is 303 g/mol. The quantitative estimate of drug-likeness (QED) is 0.864. The fourth-order valence-corrected chi connectivity index (χ4v) is 2.89. The van der Waals surface area contributed by atoms with E-state index in [1.54, 1.807) is 6.20 Å². The third-order valence-corrected chi connectivity index (χ3v) is 3.36. The first-order valence-electron chi connectivity index (χ1n) is 5.38. The van der Waals surface area contributed by atoms with Crippen molar-refractivity contribution in [1.82, 2.24) is 10.3 Å². The third-order valence-electron chi connectivity index (χ3n) is 2.65. The van der Waals surface area contributed by atoms with E-state index in [-0.39, 0.29) is 0 Å². The second kappa shape index (κ2) is 4.90. The molecule has 1 saturated heterocycles. The summed E-state index contributed by atoms with van der Waals surface area (Å²) < 4.78 is 0.914. The summed E-state index contributed by atoms with van der Waals surface area (Å²) in [6.45, 7) is 6.24. The van der Waals surface area contributed by atoms with Crippen molar-refractivity contribution in [2.45, 2.75) is 25.9 Å². The van der Waals surface area contributed by atoms with Gasteiger partial charge in [-0.05, 0) is 35.8 Å². The minimum atomic E-state index is 0.463. The van der Waals surface area contributed by atoms with E-state index in [4.69, 9.17) is 11.6 Å². The van der Waals surface area contributed by atoms with Crippen molar-refractivity contribution in [2.24, 2.45) is 0 Å². The summed E-state index contributed by atoms with van der Waals surface area (Å²) in [4.78, 5) is 6.63. The summed E-state index contributed by atoms with van der Waals surface area (Å²) in [5.41, 5.74) is 0. The molecule has 2 rings (SSSR count). The second-order valence-corrected chi connectivity index (χ2v) is 5.66. The summed E-state index contributed by atoms with van der Waals surface area (Å²) >= 11 is 9.57. The maximum Gasteiger partial charge on any atom is 0.147 e. The van der Waals surface area contributed by atoms with Crippen molar-refractivity contribution < 1.29 is 0 Å². The molecule has 2 atom stereocenters. The molecule has 16 heavy (non-hydrogen) atoms. The van der Waals surface area contributed by atoms with E-state index in [1.807, 2.05) is 6.07 Å². The summed E-state index contributed by atoms with van der Waals surface area (Å²) in [5, 5.41) is 4.19. The molecule has 0 saturated carbocycles. The van der Waals surface area contributed by atoms with Crippen LogP contribution in [0.4, 0.5) is 5.82 Å². The predicted molar refractivity (Wildman–Crippen MR) is 71.2 cm³/mol. The summed E-state index contributed by atoms with van der Waals surface area (Å²) in [6, 6.07) is 2.82. The predicted octanol–water partition coefficient (Wildman–Crippen LogP) is 2.68. The van der Waals surface area contributed by atoms with Crippen LogP contribution in [0.3, 0.4) is 0 Å². The molecular formula is C11H15BrClN3. The standard InChI is InChI=1S/C11H15BrClN3/c1-7-5-16(6-8(2)15-7)11-10(13)3-9(12)4-14-11/h3-4,7-8,15H,5-6H2,1-2H3. The molecule has 1 aliphatic heterocycles. The minimum absolute atomic E-state index is 0.463. The van der Waals surface area contributed by atoms with Crippen LogP contribution >= 0.6 is 27.5 Å². The lowest BCUT2D eigenvalue weighted by atomic mass is 10.1. The van der Waals surface area contributed by atoms with Gasteiger partial charge in [0.25, 0.3) is 0 Å². The summed E-state index contributed by atoms with van der Waals surface area (Å²) in [7, 11) is 0. The molecule has 0 amide bonds. The average Bonchev–Trinajstić information content (AvgIpc) is 2.15. The van der Waals surface area contributed by atoms with Gasteiger partial charge in [-0.2, -0.15) is 0 Å². The van der Waals surface area contributed by atoms with E-state index in [1.165, 1.54) is 0 Å². The van der Waals surface area contributed by atoms with Crippen molar-refractivity contribution in [1.29, 1.82) is 0 Å². The highest BCUT2D eigenvalue weighted by molar-refractivity contribution is 9.10. The van der Waals surface area contributed by atoms with E-state index < -0.39 is 0 Å².